The third kappa shape index (κ3) is 11.4. The van der Waals surface area contributed by atoms with Crippen LogP contribution in [0.25, 0.3) is 0 Å². The topological polar surface area (TPSA) is 18.5 Å². The highest BCUT2D eigenvalue weighted by atomic mass is 16.5. The summed E-state index contributed by atoms with van der Waals surface area (Å²) in [6.45, 7) is 10.7. The third-order valence-corrected chi connectivity index (χ3v) is 1.82. The highest BCUT2D eigenvalue weighted by molar-refractivity contribution is 4.88. The summed E-state index contributed by atoms with van der Waals surface area (Å²) in [5.41, 5.74) is 0. The minimum Gasteiger partial charge on any atom is -0.381 e. The Morgan fingerprint density at radius 2 is 0.929 bits per heavy atom. The second kappa shape index (κ2) is 12.4. The smallest absolute Gasteiger partial charge is 0.0466 e. The van der Waals surface area contributed by atoms with Crippen molar-refractivity contribution < 1.29 is 9.47 Å². The van der Waals surface area contributed by atoms with E-state index in [0.29, 0.717) is 0 Å². The van der Waals surface area contributed by atoms with Gasteiger partial charge in [0.15, 0.2) is 0 Å². The molecule has 0 radical (unpaired) electrons. The predicted octanol–water partition coefficient (Wildman–Crippen LogP) is 2.95. The van der Waals surface area contributed by atoms with E-state index in [4.69, 9.17) is 9.47 Å². The molecule has 14 heavy (non-hydrogen) atoms. The summed E-state index contributed by atoms with van der Waals surface area (Å²) in [7, 11) is 0. The molecule has 0 bridgehead atoms. The van der Waals surface area contributed by atoms with Crippen LogP contribution in [0.2, 0.25) is 0 Å². The second-order valence-corrected chi connectivity index (χ2v) is 3.11. The van der Waals surface area contributed by atoms with Crippen LogP contribution in [-0.2, 0) is 9.47 Å². The maximum Gasteiger partial charge on any atom is 0.0466 e. The van der Waals surface area contributed by atoms with Gasteiger partial charge in [0.05, 0.1) is 0 Å². The Hall–Kier alpha value is -0.600. The zero-order valence-electron chi connectivity index (χ0n) is 9.04. The zero-order valence-corrected chi connectivity index (χ0v) is 9.04. The summed E-state index contributed by atoms with van der Waals surface area (Å²) in [6, 6.07) is 0. The predicted molar refractivity (Wildman–Crippen MR) is 60.5 cm³/mol. The SMILES string of the molecule is C1CCOC1.C1CCOC1.C=CC=C. The van der Waals surface area contributed by atoms with Gasteiger partial charge >= 0.3 is 0 Å². The number of hydrogen-bond acceptors (Lipinski definition) is 2. The van der Waals surface area contributed by atoms with Crippen molar-refractivity contribution >= 4 is 0 Å². The molecule has 0 aliphatic carbocycles. The first-order valence-electron chi connectivity index (χ1n) is 5.30. The molecule has 82 valence electrons. The van der Waals surface area contributed by atoms with Gasteiger partial charge < -0.3 is 9.47 Å². The van der Waals surface area contributed by atoms with Crippen LogP contribution < -0.4 is 0 Å². The van der Waals surface area contributed by atoms with Gasteiger partial charge in [-0.1, -0.05) is 25.3 Å². The lowest BCUT2D eigenvalue weighted by Crippen LogP contribution is -1.74. The van der Waals surface area contributed by atoms with E-state index in [1.54, 1.807) is 12.2 Å². The largest absolute Gasteiger partial charge is 0.381 e. The molecule has 2 aliphatic rings. The van der Waals surface area contributed by atoms with Crippen LogP contribution in [0.4, 0.5) is 0 Å². The molecule has 0 saturated carbocycles. The highest BCUT2D eigenvalue weighted by Crippen LogP contribution is 1.98. The van der Waals surface area contributed by atoms with Gasteiger partial charge in [-0.25, -0.2) is 0 Å². The van der Waals surface area contributed by atoms with Crippen LogP contribution in [0.5, 0.6) is 0 Å². The Bertz CT molecular complexity index is 93.1. The van der Waals surface area contributed by atoms with Gasteiger partial charge in [-0.05, 0) is 25.7 Å². The maximum atomic E-state index is 4.94. The molecule has 2 saturated heterocycles. The van der Waals surface area contributed by atoms with Crippen LogP contribution in [0.15, 0.2) is 25.3 Å². The van der Waals surface area contributed by atoms with E-state index in [0.717, 1.165) is 26.4 Å². The second-order valence-electron chi connectivity index (χ2n) is 3.11. The van der Waals surface area contributed by atoms with Crippen molar-refractivity contribution in [3.63, 3.8) is 0 Å². The molecule has 0 amide bonds. The van der Waals surface area contributed by atoms with Crippen LogP contribution in [0, 0.1) is 0 Å². The Balaban J connectivity index is 0.000000183. The molecule has 0 N–H and O–H groups in total. The normalized spacial score (nSPS) is 18.6. The van der Waals surface area contributed by atoms with Crippen molar-refractivity contribution in [1.29, 1.82) is 0 Å². The lowest BCUT2D eigenvalue weighted by atomic mass is 10.4. The van der Waals surface area contributed by atoms with Crippen molar-refractivity contribution in [2.75, 3.05) is 26.4 Å². The summed E-state index contributed by atoms with van der Waals surface area (Å²) in [5.74, 6) is 0. The molecule has 0 aromatic carbocycles. The molecule has 0 unspecified atom stereocenters. The van der Waals surface area contributed by atoms with Crippen molar-refractivity contribution in [3.05, 3.63) is 25.3 Å². The quantitative estimate of drug-likeness (QED) is 0.603. The van der Waals surface area contributed by atoms with E-state index in [9.17, 15) is 0 Å². The first-order valence-corrected chi connectivity index (χ1v) is 5.30. The lowest BCUT2D eigenvalue weighted by Gasteiger charge is -1.76. The van der Waals surface area contributed by atoms with E-state index in [1.807, 2.05) is 0 Å². The molecular weight excluding hydrogens is 176 g/mol. The first kappa shape index (κ1) is 13.4. The van der Waals surface area contributed by atoms with Gasteiger partial charge in [0, 0.05) is 26.4 Å². The van der Waals surface area contributed by atoms with Gasteiger partial charge in [0.1, 0.15) is 0 Å². The number of allylic oxidation sites excluding steroid dienone is 2. The fraction of sp³-hybridized carbons (Fsp3) is 0.667. The molecule has 2 nitrogen and oxygen atoms in total. The molecule has 2 rings (SSSR count). The number of rotatable bonds is 1. The first-order chi connectivity index (χ1) is 6.91. The standard InChI is InChI=1S/2C4H8O.C4H6/c2*1-2-4-5-3-1;1-3-4-2/h2*1-4H2;3-4H,1-2H2. The van der Waals surface area contributed by atoms with E-state index in [2.05, 4.69) is 13.2 Å². The maximum absolute atomic E-state index is 4.94. The summed E-state index contributed by atoms with van der Waals surface area (Å²) in [4.78, 5) is 0. The molecule has 2 aliphatic heterocycles. The Labute approximate surface area is 87.6 Å². The summed E-state index contributed by atoms with van der Waals surface area (Å²) in [6.07, 6.45) is 8.39. The van der Waals surface area contributed by atoms with E-state index >= 15 is 0 Å². The fourth-order valence-electron chi connectivity index (χ4n) is 1.02. The molecule has 0 atom stereocenters. The molecule has 0 aromatic heterocycles. The Morgan fingerprint density at radius 1 is 0.643 bits per heavy atom. The van der Waals surface area contributed by atoms with Crippen molar-refractivity contribution in [3.8, 4) is 0 Å². The minimum absolute atomic E-state index is 1.00. The van der Waals surface area contributed by atoms with Gasteiger partial charge in [-0.15, -0.1) is 0 Å². The van der Waals surface area contributed by atoms with Gasteiger partial charge in [-0.3, -0.25) is 0 Å². The van der Waals surface area contributed by atoms with Crippen LogP contribution in [-0.4, -0.2) is 26.4 Å². The average molecular weight is 198 g/mol. The molecule has 2 heterocycles. The Kier molecular flexibility index (Phi) is 11.9. The Morgan fingerprint density at radius 3 is 1.00 bits per heavy atom. The summed E-state index contributed by atoms with van der Waals surface area (Å²) < 4.78 is 9.89. The van der Waals surface area contributed by atoms with E-state index in [1.165, 1.54) is 25.7 Å². The molecule has 2 fully saturated rings. The molecule has 2 heteroatoms. The molecule has 0 spiro atoms. The fourth-order valence-corrected chi connectivity index (χ4v) is 1.02. The zero-order chi connectivity index (χ0) is 10.5. The van der Waals surface area contributed by atoms with Crippen molar-refractivity contribution in [1.82, 2.24) is 0 Å². The van der Waals surface area contributed by atoms with Gasteiger partial charge in [0.25, 0.3) is 0 Å². The van der Waals surface area contributed by atoms with Gasteiger partial charge in [-0.2, -0.15) is 0 Å². The molecule has 0 aromatic rings. The lowest BCUT2D eigenvalue weighted by molar-refractivity contribution is 0.198. The van der Waals surface area contributed by atoms with E-state index in [-0.39, 0.29) is 0 Å². The number of ether oxygens (including phenoxy) is 2. The van der Waals surface area contributed by atoms with Crippen molar-refractivity contribution in [2.45, 2.75) is 25.7 Å². The summed E-state index contributed by atoms with van der Waals surface area (Å²) in [5, 5.41) is 0. The van der Waals surface area contributed by atoms with E-state index < -0.39 is 0 Å². The highest BCUT2D eigenvalue weighted by Gasteiger charge is 1.95. The van der Waals surface area contributed by atoms with Gasteiger partial charge in [0.2, 0.25) is 0 Å². The van der Waals surface area contributed by atoms with Crippen LogP contribution in [0.1, 0.15) is 25.7 Å². The van der Waals surface area contributed by atoms with Crippen LogP contribution in [0.3, 0.4) is 0 Å². The third-order valence-electron chi connectivity index (χ3n) is 1.82. The van der Waals surface area contributed by atoms with Crippen LogP contribution >= 0.6 is 0 Å². The molecular formula is C12H22O2. The summed E-state index contributed by atoms with van der Waals surface area (Å²) >= 11 is 0. The van der Waals surface area contributed by atoms with Crippen molar-refractivity contribution in [2.24, 2.45) is 0 Å². The minimum atomic E-state index is 1.00. The average Bonchev–Trinajstić information content (AvgIpc) is 2.94. The monoisotopic (exact) mass is 198 g/mol. The number of hydrogen-bond donors (Lipinski definition) is 0.